The van der Waals surface area contributed by atoms with Gasteiger partial charge in [-0.05, 0) is 20.8 Å². The lowest BCUT2D eigenvalue weighted by molar-refractivity contribution is 0.872. The van der Waals surface area contributed by atoms with Crippen LogP contribution in [0.4, 0.5) is 0 Å². The van der Waals surface area contributed by atoms with E-state index in [0.29, 0.717) is 11.8 Å². The summed E-state index contributed by atoms with van der Waals surface area (Å²) in [6, 6.07) is 0. The fraction of sp³-hybridized carbons (Fsp3) is 0.364. The van der Waals surface area contributed by atoms with Crippen LogP contribution in [0, 0.1) is 20.8 Å². The molecule has 16 heavy (non-hydrogen) atoms. The van der Waals surface area contributed by atoms with Gasteiger partial charge in [0.15, 0.2) is 0 Å². The molecule has 0 saturated carbocycles. The van der Waals surface area contributed by atoms with Gasteiger partial charge in [0.2, 0.25) is 5.95 Å². The van der Waals surface area contributed by atoms with E-state index in [2.05, 4.69) is 15.0 Å². The maximum absolute atomic E-state index is 5.77. The Hall–Kier alpha value is -1.42. The number of alkyl halides is 1. The monoisotopic (exact) mass is 236 g/mol. The van der Waals surface area contributed by atoms with Gasteiger partial charge in [0.1, 0.15) is 6.33 Å². The summed E-state index contributed by atoms with van der Waals surface area (Å²) < 4.78 is 1.88. The van der Waals surface area contributed by atoms with Gasteiger partial charge in [-0.2, -0.15) is 0 Å². The normalized spacial score (nSPS) is 10.8. The summed E-state index contributed by atoms with van der Waals surface area (Å²) in [5, 5.41) is 0. The number of aryl methyl sites for hydroxylation is 2. The average Bonchev–Trinajstić information content (AvgIpc) is 2.60. The predicted octanol–water partition coefficient (Wildman–Crippen LogP) is 2.33. The molecule has 0 saturated heterocycles. The van der Waals surface area contributed by atoms with Gasteiger partial charge < -0.3 is 0 Å². The molecule has 0 aliphatic carbocycles. The Kier molecular flexibility index (Phi) is 2.92. The molecule has 0 N–H and O–H groups in total. The summed E-state index contributed by atoms with van der Waals surface area (Å²) in [5.41, 5.74) is 3.91. The van der Waals surface area contributed by atoms with Crippen LogP contribution in [0.25, 0.3) is 5.95 Å². The van der Waals surface area contributed by atoms with E-state index in [4.69, 9.17) is 11.6 Å². The number of hydrogen-bond acceptors (Lipinski definition) is 3. The van der Waals surface area contributed by atoms with Gasteiger partial charge in [-0.15, -0.1) is 11.6 Å². The molecule has 84 valence electrons. The third-order valence-corrected chi connectivity index (χ3v) is 2.97. The third-order valence-electron chi connectivity index (χ3n) is 2.68. The number of nitrogens with zero attached hydrogens (tertiary/aromatic N) is 4. The Labute approximate surface area is 99.3 Å². The highest BCUT2D eigenvalue weighted by molar-refractivity contribution is 6.17. The Morgan fingerprint density at radius 3 is 2.44 bits per heavy atom. The van der Waals surface area contributed by atoms with E-state index in [0.717, 1.165) is 22.6 Å². The number of rotatable bonds is 2. The van der Waals surface area contributed by atoms with Crippen LogP contribution in [-0.2, 0) is 5.88 Å². The van der Waals surface area contributed by atoms with E-state index in [9.17, 15) is 0 Å². The molecule has 0 aliphatic heterocycles. The van der Waals surface area contributed by atoms with Crippen molar-refractivity contribution in [2.45, 2.75) is 26.7 Å². The van der Waals surface area contributed by atoms with E-state index in [1.807, 2.05) is 25.3 Å². The zero-order valence-electron chi connectivity index (χ0n) is 9.53. The van der Waals surface area contributed by atoms with Crippen molar-refractivity contribution in [2.24, 2.45) is 0 Å². The Balaban J connectivity index is 2.49. The second-order valence-electron chi connectivity index (χ2n) is 3.70. The summed E-state index contributed by atoms with van der Waals surface area (Å²) in [4.78, 5) is 12.9. The fourth-order valence-corrected chi connectivity index (χ4v) is 1.69. The van der Waals surface area contributed by atoms with Gasteiger partial charge in [0.05, 0.1) is 11.6 Å². The molecule has 2 aromatic rings. The second kappa shape index (κ2) is 4.22. The van der Waals surface area contributed by atoms with Crippen LogP contribution in [0.3, 0.4) is 0 Å². The van der Waals surface area contributed by atoms with Crippen LogP contribution < -0.4 is 0 Å². The van der Waals surface area contributed by atoms with Crippen molar-refractivity contribution in [1.29, 1.82) is 0 Å². The first-order valence-corrected chi connectivity index (χ1v) is 5.56. The Morgan fingerprint density at radius 1 is 1.19 bits per heavy atom. The van der Waals surface area contributed by atoms with E-state index in [-0.39, 0.29) is 0 Å². The number of imidazole rings is 1. The van der Waals surface area contributed by atoms with Crippen molar-refractivity contribution >= 4 is 11.6 Å². The first-order valence-electron chi connectivity index (χ1n) is 5.03. The molecule has 2 rings (SSSR count). The summed E-state index contributed by atoms with van der Waals surface area (Å²) in [7, 11) is 0. The van der Waals surface area contributed by atoms with Crippen LogP contribution >= 0.6 is 11.6 Å². The summed E-state index contributed by atoms with van der Waals surface area (Å²) in [6.45, 7) is 5.89. The quantitative estimate of drug-likeness (QED) is 0.752. The summed E-state index contributed by atoms with van der Waals surface area (Å²) in [5.74, 6) is 1.08. The average molecular weight is 237 g/mol. The first kappa shape index (κ1) is 11.1. The van der Waals surface area contributed by atoms with Gasteiger partial charge in [-0.1, -0.05) is 0 Å². The molecular formula is C11H13ClN4. The first-order chi connectivity index (χ1) is 7.63. The molecule has 0 spiro atoms. The highest BCUT2D eigenvalue weighted by Crippen LogP contribution is 2.12. The van der Waals surface area contributed by atoms with Crippen LogP contribution in [0.1, 0.15) is 22.6 Å². The molecular weight excluding hydrogens is 224 g/mol. The van der Waals surface area contributed by atoms with E-state index in [1.54, 1.807) is 12.5 Å². The van der Waals surface area contributed by atoms with Gasteiger partial charge in [0.25, 0.3) is 0 Å². The number of halogens is 1. The fourth-order valence-electron chi connectivity index (χ4n) is 1.43. The molecule has 2 heterocycles. The SMILES string of the molecule is Cc1nc(-n2cnc(C)c2C)ncc1CCl. The molecule has 0 fully saturated rings. The highest BCUT2D eigenvalue weighted by atomic mass is 35.5. The van der Waals surface area contributed by atoms with Gasteiger partial charge in [-0.25, -0.2) is 15.0 Å². The van der Waals surface area contributed by atoms with Crippen molar-refractivity contribution in [3.63, 3.8) is 0 Å². The van der Waals surface area contributed by atoms with Gasteiger partial charge in [-0.3, -0.25) is 4.57 Å². The van der Waals surface area contributed by atoms with E-state index >= 15 is 0 Å². The minimum Gasteiger partial charge on any atom is -0.271 e. The largest absolute Gasteiger partial charge is 0.271 e. The maximum Gasteiger partial charge on any atom is 0.235 e. The molecule has 4 nitrogen and oxygen atoms in total. The maximum atomic E-state index is 5.77. The van der Waals surface area contributed by atoms with Crippen LogP contribution in [0.2, 0.25) is 0 Å². The topological polar surface area (TPSA) is 43.6 Å². The molecule has 0 aliphatic rings. The van der Waals surface area contributed by atoms with Crippen molar-refractivity contribution in [2.75, 3.05) is 0 Å². The zero-order valence-corrected chi connectivity index (χ0v) is 10.3. The Morgan fingerprint density at radius 2 is 1.94 bits per heavy atom. The van der Waals surface area contributed by atoms with E-state index < -0.39 is 0 Å². The smallest absolute Gasteiger partial charge is 0.235 e. The van der Waals surface area contributed by atoms with Gasteiger partial charge >= 0.3 is 0 Å². The standard InChI is InChI=1S/C11H13ClN4/c1-7-9(3)16(6-14-7)11-13-5-10(4-12)8(2)15-11/h5-6H,4H2,1-3H3. The summed E-state index contributed by atoms with van der Waals surface area (Å²) in [6.07, 6.45) is 3.50. The number of aromatic nitrogens is 4. The molecule has 2 aromatic heterocycles. The van der Waals surface area contributed by atoms with Crippen LogP contribution in [0.15, 0.2) is 12.5 Å². The van der Waals surface area contributed by atoms with E-state index in [1.165, 1.54) is 0 Å². The lowest BCUT2D eigenvalue weighted by Crippen LogP contribution is -2.04. The molecule has 5 heteroatoms. The van der Waals surface area contributed by atoms with Crippen molar-refractivity contribution < 1.29 is 0 Å². The van der Waals surface area contributed by atoms with Crippen LogP contribution in [-0.4, -0.2) is 19.5 Å². The van der Waals surface area contributed by atoms with Crippen LogP contribution in [0.5, 0.6) is 0 Å². The predicted molar refractivity (Wildman–Crippen MR) is 62.9 cm³/mol. The third kappa shape index (κ3) is 1.80. The minimum absolute atomic E-state index is 0.439. The number of hydrogen-bond donors (Lipinski definition) is 0. The molecule has 0 bridgehead atoms. The molecule has 0 radical (unpaired) electrons. The molecule has 0 amide bonds. The summed E-state index contributed by atoms with van der Waals surface area (Å²) >= 11 is 5.77. The Bertz CT molecular complexity index is 519. The zero-order chi connectivity index (χ0) is 11.7. The van der Waals surface area contributed by atoms with Gasteiger partial charge in [0, 0.05) is 23.1 Å². The second-order valence-corrected chi connectivity index (χ2v) is 3.97. The van der Waals surface area contributed by atoms with Crippen molar-refractivity contribution in [3.8, 4) is 5.95 Å². The molecule has 0 aromatic carbocycles. The molecule has 0 unspecified atom stereocenters. The van der Waals surface area contributed by atoms with Crippen molar-refractivity contribution in [3.05, 3.63) is 35.2 Å². The lowest BCUT2D eigenvalue weighted by atomic mass is 10.3. The highest BCUT2D eigenvalue weighted by Gasteiger charge is 2.08. The lowest BCUT2D eigenvalue weighted by Gasteiger charge is -2.06. The minimum atomic E-state index is 0.439. The molecule has 0 atom stereocenters. The van der Waals surface area contributed by atoms with Crippen molar-refractivity contribution in [1.82, 2.24) is 19.5 Å².